The quantitative estimate of drug-likeness (QED) is 0.802. The van der Waals surface area contributed by atoms with Crippen molar-refractivity contribution in [3.8, 4) is 5.75 Å². The van der Waals surface area contributed by atoms with E-state index in [1.54, 1.807) is 7.11 Å². The molecule has 2 saturated heterocycles. The summed E-state index contributed by atoms with van der Waals surface area (Å²) in [6.45, 7) is 2.07. The van der Waals surface area contributed by atoms with E-state index in [2.05, 4.69) is 24.0 Å². The Morgan fingerprint density at radius 2 is 1.89 bits per heavy atom. The molecule has 2 aliphatic rings. The summed E-state index contributed by atoms with van der Waals surface area (Å²) >= 11 is 0. The van der Waals surface area contributed by atoms with Gasteiger partial charge in [0.05, 0.1) is 7.11 Å². The first kappa shape index (κ1) is 11.6. The molecule has 0 radical (unpaired) electrons. The van der Waals surface area contributed by atoms with Gasteiger partial charge in [-0.1, -0.05) is 0 Å². The molecule has 3 nitrogen and oxygen atoms in total. The first-order valence-electron chi connectivity index (χ1n) is 6.63. The molecule has 96 valence electrons. The molecule has 2 fully saturated rings. The zero-order valence-corrected chi connectivity index (χ0v) is 11.0. The normalized spacial score (nSPS) is 26.6. The molecule has 0 saturated carbocycles. The van der Waals surface area contributed by atoms with Crippen molar-refractivity contribution in [2.75, 3.05) is 12.0 Å². The predicted octanol–water partition coefficient (Wildman–Crippen LogP) is 2.70. The minimum atomic E-state index is 0.420. The van der Waals surface area contributed by atoms with Gasteiger partial charge in [0.2, 0.25) is 0 Å². The Bertz CT molecular complexity index is 467. The summed E-state index contributed by atoms with van der Waals surface area (Å²) in [4.78, 5) is 14.1. The number of rotatable bonds is 2. The first-order valence-corrected chi connectivity index (χ1v) is 6.63. The van der Waals surface area contributed by atoms with Crippen molar-refractivity contribution < 1.29 is 9.53 Å². The highest BCUT2D eigenvalue weighted by Gasteiger charge is 2.40. The number of ether oxygens (including phenoxy) is 1. The number of nitrogens with zero attached hydrogens (tertiary/aromatic N) is 1. The molecule has 2 atom stereocenters. The summed E-state index contributed by atoms with van der Waals surface area (Å²) in [6.07, 6.45) is 3.76. The Morgan fingerprint density at radius 3 is 2.44 bits per heavy atom. The lowest BCUT2D eigenvalue weighted by Crippen LogP contribution is -2.43. The van der Waals surface area contributed by atoms with Crippen LogP contribution in [0.3, 0.4) is 0 Å². The summed E-state index contributed by atoms with van der Waals surface area (Å²) in [5, 5.41) is 0. The van der Waals surface area contributed by atoms with E-state index in [-0.39, 0.29) is 0 Å². The van der Waals surface area contributed by atoms with Crippen LogP contribution in [-0.4, -0.2) is 25.0 Å². The maximum Gasteiger partial charge on any atom is 0.137 e. The highest BCUT2D eigenvalue weighted by Crippen LogP contribution is 2.39. The topological polar surface area (TPSA) is 29.5 Å². The van der Waals surface area contributed by atoms with Crippen molar-refractivity contribution in [3.63, 3.8) is 0 Å². The van der Waals surface area contributed by atoms with Crippen molar-refractivity contribution in [2.24, 2.45) is 0 Å². The fraction of sp³-hybridized carbons (Fsp3) is 0.533. The van der Waals surface area contributed by atoms with Crippen molar-refractivity contribution in [2.45, 2.75) is 44.7 Å². The summed E-state index contributed by atoms with van der Waals surface area (Å²) in [5.41, 5.74) is 2.40. The number of Topliss-reactive ketones (excluding diaryl/α,β-unsaturated/α-hetero) is 1. The molecule has 2 aliphatic heterocycles. The minimum absolute atomic E-state index is 0.420. The first-order chi connectivity index (χ1) is 8.69. The molecule has 2 unspecified atom stereocenters. The molecular weight excluding hydrogens is 226 g/mol. The molecule has 18 heavy (non-hydrogen) atoms. The molecule has 0 aromatic heterocycles. The molecule has 2 bridgehead atoms. The molecule has 3 rings (SSSR count). The van der Waals surface area contributed by atoms with E-state index in [1.165, 1.54) is 5.69 Å². The third-order valence-corrected chi connectivity index (χ3v) is 4.22. The highest BCUT2D eigenvalue weighted by atomic mass is 16.5. The van der Waals surface area contributed by atoms with Gasteiger partial charge in [-0.3, -0.25) is 4.79 Å². The summed E-state index contributed by atoms with van der Waals surface area (Å²) in [7, 11) is 1.70. The van der Waals surface area contributed by atoms with Crippen molar-refractivity contribution in [1.82, 2.24) is 0 Å². The lowest BCUT2D eigenvalue weighted by atomic mass is 10.00. The number of aryl methyl sites for hydroxylation is 1. The van der Waals surface area contributed by atoms with Crippen LogP contribution in [0.5, 0.6) is 5.75 Å². The SMILES string of the molecule is COc1ccc(N2C3CCC2CC(=O)C3)cc1C. The Labute approximate surface area is 108 Å². The summed E-state index contributed by atoms with van der Waals surface area (Å²) in [6, 6.07) is 7.17. The van der Waals surface area contributed by atoms with Crippen LogP contribution >= 0.6 is 0 Å². The Morgan fingerprint density at radius 1 is 1.22 bits per heavy atom. The number of carbonyl (C=O) groups excluding carboxylic acids is 1. The predicted molar refractivity (Wildman–Crippen MR) is 71.3 cm³/mol. The summed E-state index contributed by atoms with van der Waals surface area (Å²) in [5.74, 6) is 1.36. The van der Waals surface area contributed by atoms with E-state index in [0.29, 0.717) is 17.9 Å². The number of carbonyl (C=O) groups is 1. The number of ketones is 1. The number of benzene rings is 1. The average Bonchev–Trinajstić information content (AvgIpc) is 2.61. The lowest BCUT2D eigenvalue weighted by molar-refractivity contribution is -0.120. The van der Waals surface area contributed by atoms with E-state index in [4.69, 9.17) is 4.74 Å². The maximum absolute atomic E-state index is 11.6. The number of hydrogen-bond acceptors (Lipinski definition) is 3. The molecular formula is C15H19NO2. The smallest absolute Gasteiger partial charge is 0.137 e. The molecule has 0 aliphatic carbocycles. The molecule has 0 amide bonds. The van der Waals surface area contributed by atoms with Gasteiger partial charge >= 0.3 is 0 Å². The second-order valence-corrected chi connectivity index (χ2v) is 5.39. The van der Waals surface area contributed by atoms with Crippen molar-refractivity contribution in [1.29, 1.82) is 0 Å². The second kappa shape index (κ2) is 4.30. The van der Waals surface area contributed by atoms with E-state index in [9.17, 15) is 4.79 Å². The van der Waals surface area contributed by atoms with E-state index in [1.807, 2.05) is 6.07 Å². The van der Waals surface area contributed by atoms with Crippen LogP contribution in [0.15, 0.2) is 18.2 Å². The zero-order valence-electron chi connectivity index (χ0n) is 11.0. The van der Waals surface area contributed by atoms with E-state index in [0.717, 1.165) is 37.0 Å². The fourth-order valence-corrected chi connectivity index (χ4v) is 3.42. The Hall–Kier alpha value is -1.51. The molecule has 1 aromatic carbocycles. The highest BCUT2D eigenvalue weighted by molar-refractivity contribution is 5.83. The summed E-state index contributed by atoms with van der Waals surface area (Å²) < 4.78 is 5.30. The van der Waals surface area contributed by atoms with E-state index < -0.39 is 0 Å². The number of hydrogen-bond donors (Lipinski definition) is 0. The molecule has 0 N–H and O–H groups in total. The number of methoxy groups -OCH3 is 1. The van der Waals surface area contributed by atoms with Gasteiger partial charge in [-0.05, 0) is 43.5 Å². The van der Waals surface area contributed by atoms with Crippen LogP contribution < -0.4 is 9.64 Å². The standard InChI is InChI=1S/C15H19NO2/c1-10-7-11(5-6-15(10)18-2)16-12-3-4-13(16)9-14(17)8-12/h5-7,12-13H,3-4,8-9H2,1-2H3. The van der Waals surface area contributed by atoms with Crippen molar-refractivity contribution in [3.05, 3.63) is 23.8 Å². The van der Waals surface area contributed by atoms with Gasteiger partial charge in [-0.2, -0.15) is 0 Å². The molecule has 2 heterocycles. The molecule has 3 heteroatoms. The Kier molecular flexibility index (Phi) is 2.77. The van der Waals surface area contributed by atoms with Gasteiger partial charge < -0.3 is 9.64 Å². The van der Waals surface area contributed by atoms with Gasteiger partial charge in [0.1, 0.15) is 11.5 Å². The van der Waals surface area contributed by atoms with Gasteiger partial charge in [-0.15, -0.1) is 0 Å². The van der Waals surface area contributed by atoms with Gasteiger partial charge in [0.25, 0.3) is 0 Å². The molecule has 1 aromatic rings. The largest absolute Gasteiger partial charge is 0.496 e. The monoisotopic (exact) mass is 245 g/mol. The maximum atomic E-state index is 11.6. The van der Waals surface area contributed by atoms with Crippen molar-refractivity contribution >= 4 is 11.5 Å². The molecule has 0 spiro atoms. The average molecular weight is 245 g/mol. The van der Waals surface area contributed by atoms with Crippen LogP contribution in [0.1, 0.15) is 31.2 Å². The van der Waals surface area contributed by atoms with E-state index >= 15 is 0 Å². The fourth-order valence-electron chi connectivity index (χ4n) is 3.42. The second-order valence-electron chi connectivity index (χ2n) is 5.39. The van der Waals surface area contributed by atoms with Gasteiger partial charge in [-0.25, -0.2) is 0 Å². The number of piperidine rings is 1. The van der Waals surface area contributed by atoms with Gasteiger partial charge in [0.15, 0.2) is 0 Å². The van der Waals surface area contributed by atoms with Crippen LogP contribution in [-0.2, 0) is 4.79 Å². The van der Waals surface area contributed by atoms with Gasteiger partial charge in [0, 0.05) is 30.6 Å². The minimum Gasteiger partial charge on any atom is -0.496 e. The van der Waals surface area contributed by atoms with Crippen LogP contribution in [0.4, 0.5) is 5.69 Å². The van der Waals surface area contributed by atoms with Crippen LogP contribution in [0, 0.1) is 6.92 Å². The van der Waals surface area contributed by atoms with Crippen LogP contribution in [0.25, 0.3) is 0 Å². The number of anilines is 1. The lowest BCUT2D eigenvalue weighted by Gasteiger charge is -2.36. The Balaban J connectivity index is 1.91. The van der Waals surface area contributed by atoms with Crippen LogP contribution in [0.2, 0.25) is 0 Å². The zero-order chi connectivity index (χ0) is 12.7. The third-order valence-electron chi connectivity index (χ3n) is 4.22. The third kappa shape index (κ3) is 1.78. The number of fused-ring (bicyclic) bond motifs is 2.